The summed E-state index contributed by atoms with van der Waals surface area (Å²) in [4.78, 5) is 10.7. The van der Waals surface area contributed by atoms with Gasteiger partial charge in [0, 0.05) is 19.5 Å². The maximum atomic E-state index is 13.6. The average molecular weight is 315 g/mol. The number of carboxylic acid groups (broad SMARTS) is 1. The van der Waals surface area contributed by atoms with Gasteiger partial charge in [0.25, 0.3) is 0 Å². The lowest BCUT2D eigenvalue weighted by atomic mass is 9.96. The molecule has 1 aliphatic heterocycles. The van der Waals surface area contributed by atoms with Gasteiger partial charge in [0.2, 0.25) is 10.0 Å². The third kappa shape index (κ3) is 3.59. The van der Waals surface area contributed by atoms with Gasteiger partial charge in [0.05, 0.1) is 4.90 Å². The lowest BCUT2D eigenvalue weighted by Gasteiger charge is -2.31. The second kappa shape index (κ2) is 6.11. The van der Waals surface area contributed by atoms with E-state index in [1.165, 1.54) is 16.4 Å². The molecule has 0 aromatic heterocycles. The van der Waals surface area contributed by atoms with Crippen LogP contribution in [0, 0.1) is 18.7 Å². The van der Waals surface area contributed by atoms with Crippen LogP contribution in [0.5, 0.6) is 0 Å². The van der Waals surface area contributed by atoms with Gasteiger partial charge in [-0.05, 0) is 43.4 Å². The molecular formula is C14H18FNO4S. The first-order valence-corrected chi connectivity index (χ1v) is 8.23. The van der Waals surface area contributed by atoms with Crippen molar-refractivity contribution in [1.82, 2.24) is 4.31 Å². The Morgan fingerprint density at radius 2 is 2.19 bits per heavy atom. The molecule has 0 amide bonds. The SMILES string of the molecule is Cc1ccc(S(=O)(=O)N2CCCC(CC(=O)O)C2)cc1F. The Bertz CT molecular complexity index is 644. The number of hydrogen-bond acceptors (Lipinski definition) is 3. The molecule has 0 bridgehead atoms. The normalized spacial score (nSPS) is 20.4. The Hall–Kier alpha value is -1.47. The van der Waals surface area contributed by atoms with Crippen molar-refractivity contribution in [3.63, 3.8) is 0 Å². The molecule has 0 spiro atoms. The van der Waals surface area contributed by atoms with Gasteiger partial charge in [-0.1, -0.05) is 6.07 Å². The van der Waals surface area contributed by atoms with Crippen molar-refractivity contribution in [2.45, 2.75) is 31.1 Å². The predicted octanol–water partition coefficient (Wildman–Crippen LogP) is 2.01. The number of piperidine rings is 1. The van der Waals surface area contributed by atoms with Crippen molar-refractivity contribution in [3.05, 3.63) is 29.6 Å². The van der Waals surface area contributed by atoms with E-state index in [1.54, 1.807) is 6.92 Å². The summed E-state index contributed by atoms with van der Waals surface area (Å²) in [6, 6.07) is 3.83. The van der Waals surface area contributed by atoms with E-state index in [4.69, 9.17) is 5.11 Å². The number of halogens is 1. The number of benzene rings is 1. The van der Waals surface area contributed by atoms with Crippen LogP contribution in [0.1, 0.15) is 24.8 Å². The molecule has 116 valence electrons. The van der Waals surface area contributed by atoms with Crippen molar-refractivity contribution >= 4 is 16.0 Å². The first-order valence-electron chi connectivity index (χ1n) is 6.79. The van der Waals surface area contributed by atoms with E-state index >= 15 is 0 Å². The third-order valence-corrected chi connectivity index (χ3v) is 5.59. The second-order valence-corrected chi connectivity index (χ2v) is 7.32. The third-order valence-electron chi connectivity index (χ3n) is 3.73. The molecule has 1 aliphatic rings. The molecule has 1 atom stereocenters. The van der Waals surface area contributed by atoms with Gasteiger partial charge in [-0.2, -0.15) is 4.31 Å². The number of aryl methyl sites for hydroxylation is 1. The molecule has 5 nitrogen and oxygen atoms in total. The van der Waals surface area contributed by atoms with Crippen molar-refractivity contribution in [2.24, 2.45) is 5.92 Å². The minimum atomic E-state index is -3.77. The Labute approximate surface area is 123 Å². The molecule has 1 fully saturated rings. The van der Waals surface area contributed by atoms with Gasteiger partial charge in [0.1, 0.15) is 5.82 Å². The maximum Gasteiger partial charge on any atom is 0.303 e. The summed E-state index contributed by atoms with van der Waals surface area (Å²) in [5.74, 6) is -1.68. The first kappa shape index (κ1) is 15.9. The Morgan fingerprint density at radius 3 is 2.81 bits per heavy atom. The number of sulfonamides is 1. The van der Waals surface area contributed by atoms with Crippen molar-refractivity contribution in [3.8, 4) is 0 Å². The number of aliphatic carboxylic acids is 1. The van der Waals surface area contributed by atoms with E-state index in [0.717, 1.165) is 6.07 Å². The zero-order valence-corrected chi connectivity index (χ0v) is 12.6. The smallest absolute Gasteiger partial charge is 0.303 e. The molecule has 1 N–H and O–H groups in total. The van der Waals surface area contributed by atoms with Crippen LogP contribution in [0.4, 0.5) is 4.39 Å². The van der Waals surface area contributed by atoms with Crippen LogP contribution >= 0.6 is 0 Å². The van der Waals surface area contributed by atoms with Gasteiger partial charge in [-0.3, -0.25) is 4.79 Å². The molecule has 0 saturated carbocycles. The summed E-state index contributed by atoms with van der Waals surface area (Å²) >= 11 is 0. The molecule has 2 rings (SSSR count). The summed E-state index contributed by atoms with van der Waals surface area (Å²) in [5.41, 5.74) is 0.386. The van der Waals surface area contributed by atoms with E-state index in [9.17, 15) is 17.6 Å². The molecular weight excluding hydrogens is 297 g/mol. The first-order chi connectivity index (χ1) is 9.80. The van der Waals surface area contributed by atoms with Crippen LogP contribution in [-0.4, -0.2) is 36.9 Å². The minimum absolute atomic E-state index is 0.0473. The monoisotopic (exact) mass is 315 g/mol. The van der Waals surface area contributed by atoms with Gasteiger partial charge in [-0.25, -0.2) is 12.8 Å². The fourth-order valence-electron chi connectivity index (χ4n) is 2.54. The maximum absolute atomic E-state index is 13.6. The molecule has 7 heteroatoms. The molecule has 1 heterocycles. The van der Waals surface area contributed by atoms with E-state index in [-0.39, 0.29) is 23.8 Å². The predicted molar refractivity (Wildman–Crippen MR) is 74.9 cm³/mol. The van der Waals surface area contributed by atoms with Gasteiger partial charge in [-0.15, -0.1) is 0 Å². The number of carbonyl (C=O) groups is 1. The van der Waals surface area contributed by atoms with E-state index < -0.39 is 21.8 Å². The highest BCUT2D eigenvalue weighted by molar-refractivity contribution is 7.89. The summed E-state index contributed by atoms with van der Waals surface area (Å²) < 4.78 is 39.8. The largest absolute Gasteiger partial charge is 0.481 e. The van der Waals surface area contributed by atoms with Gasteiger partial charge < -0.3 is 5.11 Å². The zero-order valence-electron chi connectivity index (χ0n) is 11.8. The molecule has 1 unspecified atom stereocenters. The van der Waals surface area contributed by atoms with Crippen molar-refractivity contribution in [1.29, 1.82) is 0 Å². The van der Waals surface area contributed by atoms with Crippen LogP contribution in [0.15, 0.2) is 23.1 Å². The van der Waals surface area contributed by atoms with Crippen molar-refractivity contribution < 1.29 is 22.7 Å². The van der Waals surface area contributed by atoms with Crippen LogP contribution in [0.3, 0.4) is 0 Å². The Morgan fingerprint density at radius 1 is 1.48 bits per heavy atom. The highest BCUT2D eigenvalue weighted by Gasteiger charge is 2.31. The molecule has 0 aliphatic carbocycles. The Kier molecular flexibility index (Phi) is 4.63. The lowest BCUT2D eigenvalue weighted by Crippen LogP contribution is -2.40. The molecule has 1 saturated heterocycles. The number of hydrogen-bond donors (Lipinski definition) is 1. The molecule has 21 heavy (non-hydrogen) atoms. The lowest BCUT2D eigenvalue weighted by molar-refractivity contribution is -0.138. The average Bonchev–Trinajstić information content (AvgIpc) is 2.41. The highest BCUT2D eigenvalue weighted by atomic mass is 32.2. The summed E-state index contributed by atoms with van der Waals surface area (Å²) in [6.45, 7) is 2.08. The van der Waals surface area contributed by atoms with Crippen LogP contribution in [0.25, 0.3) is 0 Å². The van der Waals surface area contributed by atoms with Gasteiger partial charge >= 0.3 is 5.97 Å². The van der Waals surface area contributed by atoms with Crippen LogP contribution in [0.2, 0.25) is 0 Å². The summed E-state index contributed by atoms with van der Waals surface area (Å²) in [5, 5.41) is 8.82. The standard InChI is InChI=1S/C14H18FNO4S/c1-10-4-5-12(8-13(10)15)21(19,20)16-6-2-3-11(9-16)7-14(17)18/h4-5,8,11H,2-3,6-7,9H2,1H3,(H,17,18). The fraction of sp³-hybridized carbons (Fsp3) is 0.500. The quantitative estimate of drug-likeness (QED) is 0.922. The second-order valence-electron chi connectivity index (χ2n) is 5.38. The molecule has 1 aromatic rings. The summed E-state index contributed by atoms with van der Waals surface area (Å²) in [6.07, 6.45) is 1.26. The fourth-order valence-corrected chi connectivity index (χ4v) is 4.11. The summed E-state index contributed by atoms with van der Waals surface area (Å²) in [7, 11) is -3.77. The van der Waals surface area contributed by atoms with E-state index in [2.05, 4.69) is 0 Å². The zero-order chi connectivity index (χ0) is 15.6. The topological polar surface area (TPSA) is 74.7 Å². The van der Waals surface area contributed by atoms with Gasteiger partial charge in [0.15, 0.2) is 0 Å². The Balaban J connectivity index is 2.22. The van der Waals surface area contributed by atoms with E-state index in [1.807, 2.05) is 0 Å². The van der Waals surface area contributed by atoms with E-state index in [0.29, 0.717) is 24.9 Å². The molecule has 0 radical (unpaired) electrons. The van der Waals surface area contributed by atoms with Crippen LogP contribution in [-0.2, 0) is 14.8 Å². The molecule has 1 aromatic carbocycles. The number of carboxylic acids is 1. The number of rotatable bonds is 4. The van der Waals surface area contributed by atoms with Crippen molar-refractivity contribution in [2.75, 3.05) is 13.1 Å². The number of nitrogens with zero attached hydrogens (tertiary/aromatic N) is 1. The highest BCUT2D eigenvalue weighted by Crippen LogP contribution is 2.26. The van der Waals surface area contributed by atoms with Crippen LogP contribution < -0.4 is 0 Å². The minimum Gasteiger partial charge on any atom is -0.481 e.